The van der Waals surface area contributed by atoms with E-state index in [2.05, 4.69) is 5.32 Å². The van der Waals surface area contributed by atoms with E-state index in [1.165, 1.54) is 0 Å². The van der Waals surface area contributed by atoms with E-state index >= 15 is 0 Å². The molecule has 0 spiro atoms. The molecule has 0 rings (SSSR count). The summed E-state index contributed by atoms with van der Waals surface area (Å²) >= 11 is 0. The fourth-order valence-corrected chi connectivity index (χ4v) is 0.452. The number of carbonyl (C=O) groups excluding carboxylic acids is 1. The Morgan fingerprint density at radius 2 is 2.00 bits per heavy atom. The Bertz CT molecular complexity index is 117. The molecule has 0 unspecified atom stereocenters. The topological polar surface area (TPSA) is 38.3 Å². The summed E-state index contributed by atoms with van der Waals surface area (Å²) in [6, 6.07) is -0.206. The molecule has 0 heterocycles. The van der Waals surface area contributed by atoms with Gasteiger partial charge in [0.05, 0.1) is 6.10 Å². The Labute approximate surface area is 63.2 Å². The molecule has 0 aliphatic carbocycles. The summed E-state index contributed by atoms with van der Waals surface area (Å²) in [5.41, 5.74) is 0. The summed E-state index contributed by atoms with van der Waals surface area (Å²) in [7, 11) is 1.73. The van der Waals surface area contributed by atoms with Gasteiger partial charge in [-0.3, -0.25) is 4.79 Å². The Hall–Kier alpha value is -0.570. The molecule has 0 radical (unpaired) electrons. The van der Waals surface area contributed by atoms with E-state index in [1.54, 1.807) is 14.0 Å². The lowest BCUT2D eigenvalue weighted by molar-refractivity contribution is -0.149. The molecule has 10 heavy (non-hydrogen) atoms. The van der Waals surface area contributed by atoms with E-state index in [0.717, 1.165) is 0 Å². The van der Waals surface area contributed by atoms with Crippen LogP contribution in [0.15, 0.2) is 0 Å². The molecule has 1 N–H and O–H groups in total. The van der Waals surface area contributed by atoms with E-state index in [-0.39, 0.29) is 19.5 Å². The van der Waals surface area contributed by atoms with Crippen molar-refractivity contribution in [1.82, 2.24) is 5.32 Å². The smallest absolute Gasteiger partial charge is 0.323 e. The summed E-state index contributed by atoms with van der Waals surface area (Å²) in [5, 5.41) is 2.80. The first-order chi connectivity index (χ1) is 4.57. The summed E-state index contributed by atoms with van der Waals surface area (Å²) < 4.78 is 4.90. The molecule has 0 aliphatic rings. The molecule has 0 bridgehead atoms. The molecule has 0 aliphatic heterocycles. The normalized spacial score (nSPS) is 13.3. The zero-order valence-electron chi connectivity index (χ0n) is 6.97. The minimum atomic E-state index is -0.206. The number of carbonyl (C=O) groups is 1. The lowest BCUT2D eigenvalue weighted by atomic mass is 10.3. The maximum Gasteiger partial charge on any atom is 0.323 e. The second kappa shape index (κ2) is 4.28. The molecule has 0 aromatic carbocycles. The number of hydrogen-bond acceptors (Lipinski definition) is 3. The van der Waals surface area contributed by atoms with Gasteiger partial charge in [-0.05, 0) is 27.8 Å². The number of hydrogen-bond donors (Lipinski definition) is 1. The van der Waals surface area contributed by atoms with E-state index in [0.29, 0.717) is 0 Å². The van der Waals surface area contributed by atoms with Crippen LogP contribution in [0.1, 0.15) is 22.2 Å². The van der Waals surface area contributed by atoms with Crippen LogP contribution >= 0.6 is 0 Å². The van der Waals surface area contributed by atoms with Gasteiger partial charge in [0.1, 0.15) is 6.04 Å². The molecule has 3 heteroatoms. The van der Waals surface area contributed by atoms with Crippen LogP contribution < -0.4 is 5.32 Å². The van der Waals surface area contributed by atoms with Gasteiger partial charge in [0.15, 0.2) is 0 Å². The van der Waals surface area contributed by atoms with Crippen LogP contribution in [0.25, 0.3) is 0 Å². The number of nitrogens with one attached hydrogen (secondary N) is 1. The minimum absolute atomic E-state index is 0. The van der Waals surface area contributed by atoms with Crippen molar-refractivity contribution in [3.05, 3.63) is 0 Å². The largest absolute Gasteiger partial charge is 0.462 e. The number of likely N-dealkylation sites (N-methyl/N-ethyl adjacent to an activating group) is 1. The predicted molar refractivity (Wildman–Crippen MR) is 41.9 cm³/mol. The first-order valence-corrected chi connectivity index (χ1v) is 3.45. The Kier molecular flexibility index (Phi) is 4.03. The first kappa shape index (κ1) is 9.43. The summed E-state index contributed by atoms with van der Waals surface area (Å²) in [6.07, 6.45) is -0.0247. The third-order valence-corrected chi connectivity index (χ3v) is 1.14. The third kappa shape index (κ3) is 3.45. The maximum absolute atomic E-state index is 10.9. The SMILES string of the molecule is CN[C@@H](C)C(=O)OC(C)C.[HH]. The van der Waals surface area contributed by atoms with Crippen LogP contribution in [-0.2, 0) is 9.53 Å². The maximum atomic E-state index is 10.9. The molecule has 0 fully saturated rings. The first-order valence-electron chi connectivity index (χ1n) is 3.45. The van der Waals surface area contributed by atoms with Gasteiger partial charge >= 0.3 is 5.97 Å². The van der Waals surface area contributed by atoms with Crippen molar-refractivity contribution >= 4 is 5.97 Å². The molecule has 0 aromatic rings. The number of esters is 1. The van der Waals surface area contributed by atoms with Gasteiger partial charge in [0.25, 0.3) is 0 Å². The van der Waals surface area contributed by atoms with Gasteiger partial charge < -0.3 is 10.1 Å². The number of rotatable bonds is 3. The molecule has 0 amide bonds. The fraction of sp³-hybridized carbons (Fsp3) is 0.857. The van der Waals surface area contributed by atoms with Crippen molar-refractivity contribution in [2.45, 2.75) is 32.9 Å². The summed E-state index contributed by atoms with van der Waals surface area (Å²) in [4.78, 5) is 10.9. The standard InChI is InChI=1S/C7H15NO2.H2/c1-5(2)10-7(9)6(3)8-4;/h5-6,8H,1-4H3;1H/t6-;/m0./s1. The highest BCUT2D eigenvalue weighted by Crippen LogP contribution is 1.92. The van der Waals surface area contributed by atoms with Crippen LogP contribution in [0.3, 0.4) is 0 Å². The second-order valence-corrected chi connectivity index (χ2v) is 2.50. The highest BCUT2D eigenvalue weighted by molar-refractivity contribution is 5.75. The number of ether oxygens (including phenoxy) is 1. The van der Waals surface area contributed by atoms with Gasteiger partial charge in [-0.25, -0.2) is 0 Å². The van der Waals surface area contributed by atoms with Crippen LogP contribution in [0.5, 0.6) is 0 Å². The lowest BCUT2D eigenvalue weighted by Crippen LogP contribution is -2.33. The average molecular weight is 147 g/mol. The zero-order chi connectivity index (χ0) is 8.15. The Morgan fingerprint density at radius 1 is 1.50 bits per heavy atom. The third-order valence-electron chi connectivity index (χ3n) is 1.14. The fourth-order valence-electron chi connectivity index (χ4n) is 0.452. The van der Waals surface area contributed by atoms with Gasteiger partial charge in [0.2, 0.25) is 0 Å². The van der Waals surface area contributed by atoms with Crippen molar-refractivity contribution < 1.29 is 11.0 Å². The van der Waals surface area contributed by atoms with E-state index in [1.807, 2.05) is 13.8 Å². The van der Waals surface area contributed by atoms with Crippen molar-refractivity contribution in [3.63, 3.8) is 0 Å². The quantitative estimate of drug-likeness (QED) is 0.600. The highest BCUT2D eigenvalue weighted by Gasteiger charge is 2.12. The van der Waals surface area contributed by atoms with Gasteiger partial charge in [0, 0.05) is 1.43 Å². The second-order valence-electron chi connectivity index (χ2n) is 2.50. The molecule has 0 saturated heterocycles. The molecule has 62 valence electrons. The van der Waals surface area contributed by atoms with Crippen LogP contribution in [-0.4, -0.2) is 25.2 Å². The summed E-state index contributed by atoms with van der Waals surface area (Å²) in [6.45, 7) is 5.44. The van der Waals surface area contributed by atoms with Crippen molar-refractivity contribution in [3.8, 4) is 0 Å². The van der Waals surface area contributed by atoms with Crippen LogP contribution in [0, 0.1) is 0 Å². The van der Waals surface area contributed by atoms with Gasteiger partial charge in [-0.1, -0.05) is 0 Å². The predicted octanol–water partition coefficient (Wildman–Crippen LogP) is 0.792. The highest BCUT2D eigenvalue weighted by atomic mass is 16.5. The van der Waals surface area contributed by atoms with Crippen LogP contribution in [0.4, 0.5) is 0 Å². The Balaban J connectivity index is 0. The van der Waals surface area contributed by atoms with Gasteiger partial charge in [-0.15, -0.1) is 0 Å². The van der Waals surface area contributed by atoms with E-state index < -0.39 is 0 Å². The minimum Gasteiger partial charge on any atom is -0.462 e. The molecule has 3 nitrogen and oxygen atoms in total. The zero-order valence-corrected chi connectivity index (χ0v) is 6.97. The summed E-state index contributed by atoms with van der Waals surface area (Å²) in [5.74, 6) is -0.197. The van der Waals surface area contributed by atoms with Crippen molar-refractivity contribution in [1.29, 1.82) is 0 Å². The average Bonchev–Trinajstić information content (AvgIpc) is 1.85. The molecule has 1 atom stereocenters. The van der Waals surface area contributed by atoms with E-state index in [9.17, 15) is 4.79 Å². The molecule has 0 saturated carbocycles. The Morgan fingerprint density at radius 3 is 2.30 bits per heavy atom. The molecule has 0 aromatic heterocycles. The van der Waals surface area contributed by atoms with Crippen molar-refractivity contribution in [2.75, 3.05) is 7.05 Å². The lowest BCUT2D eigenvalue weighted by Gasteiger charge is -2.12. The molecular formula is C7H17NO2. The van der Waals surface area contributed by atoms with E-state index in [4.69, 9.17) is 4.74 Å². The van der Waals surface area contributed by atoms with Gasteiger partial charge in [-0.2, -0.15) is 0 Å². The monoisotopic (exact) mass is 147 g/mol. The van der Waals surface area contributed by atoms with Crippen molar-refractivity contribution in [2.24, 2.45) is 0 Å². The van der Waals surface area contributed by atoms with Crippen LogP contribution in [0.2, 0.25) is 0 Å². The molecular weight excluding hydrogens is 130 g/mol.